The van der Waals surface area contributed by atoms with Gasteiger partial charge in [-0.1, -0.05) is 17.7 Å². The topological polar surface area (TPSA) is 122 Å². The Morgan fingerprint density at radius 1 is 1.11 bits per heavy atom. The fourth-order valence-electron chi connectivity index (χ4n) is 1.16. The van der Waals surface area contributed by atoms with E-state index in [-0.39, 0.29) is 17.0 Å². The molecule has 3 N–H and O–H groups in total. The van der Waals surface area contributed by atoms with Gasteiger partial charge in [-0.3, -0.25) is 5.43 Å². The van der Waals surface area contributed by atoms with Crippen molar-refractivity contribution < 1.29 is 0 Å². The van der Waals surface area contributed by atoms with Gasteiger partial charge in [-0.2, -0.15) is 20.9 Å². The highest BCUT2D eigenvalue weighted by Gasteiger charge is 2.09. The van der Waals surface area contributed by atoms with E-state index in [0.717, 1.165) is 5.56 Å². The van der Waals surface area contributed by atoms with Crippen LogP contribution in [0.1, 0.15) is 5.56 Å². The van der Waals surface area contributed by atoms with Gasteiger partial charge >= 0.3 is 0 Å². The van der Waals surface area contributed by atoms with Gasteiger partial charge in [-0.15, -0.1) is 0 Å². The Morgan fingerprint density at radius 3 is 2.16 bits per heavy atom. The molecule has 1 rings (SSSR count). The van der Waals surface area contributed by atoms with E-state index in [9.17, 15) is 0 Å². The summed E-state index contributed by atoms with van der Waals surface area (Å²) in [6, 6.07) is 12.3. The lowest BCUT2D eigenvalue weighted by Crippen LogP contribution is -2.13. The number of anilines is 1. The molecular formula is C13H10N6. The fraction of sp³-hybridized carbons (Fsp3) is 0.0769. The normalized spacial score (nSPS) is 9.68. The average Bonchev–Trinajstić information content (AvgIpc) is 2.43. The van der Waals surface area contributed by atoms with Gasteiger partial charge in [0.15, 0.2) is 11.3 Å². The number of allylic oxidation sites excluding steroid dienone is 2. The first-order valence-electron chi connectivity index (χ1n) is 5.23. The summed E-state index contributed by atoms with van der Waals surface area (Å²) in [7, 11) is 0. The summed E-state index contributed by atoms with van der Waals surface area (Å²) in [6.45, 7) is 1.95. The molecule has 19 heavy (non-hydrogen) atoms. The predicted molar refractivity (Wildman–Crippen MR) is 70.3 cm³/mol. The Morgan fingerprint density at radius 2 is 1.68 bits per heavy atom. The van der Waals surface area contributed by atoms with Crippen LogP contribution < -0.4 is 11.2 Å². The van der Waals surface area contributed by atoms with E-state index in [1.165, 1.54) is 0 Å². The molecule has 0 radical (unpaired) electrons. The molecule has 6 heteroatoms. The number of hydrogen-bond acceptors (Lipinski definition) is 6. The maximum atomic E-state index is 8.90. The van der Waals surface area contributed by atoms with Crippen LogP contribution in [0.2, 0.25) is 0 Å². The maximum Gasteiger partial charge on any atom is 0.185 e. The third kappa shape index (κ3) is 3.59. The molecule has 0 saturated heterocycles. The number of nitrogens with one attached hydrogen (secondary N) is 1. The van der Waals surface area contributed by atoms with Gasteiger partial charge in [0.05, 0.1) is 11.4 Å². The Kier molecular flexibility index (Phi) is 4.66. The monoisotopic (exact) mass is 250 g/mol. The standard InChI is InChI=1S/C13H10N6/c1-9-2-4-11(5-3-9)18-19-12(8-16)13(17)10(6-14)7-15/h2-5,18H,17H2,1H3. The zero-order chi connectivity index (χ0) is 14.3. The van der Waals surface area contributed by atoms with E-state index < -0.39 is 0 Å². The smallest absolute Gasteiger partial charge is 0.185 e. The molecule has 0 unspecified atom stereocenters. The minimum absolute atomic E-state index is 0.210. The van der Waals surface area contributed by atoms with Crippen molar-refractivity contribution in [1.82, 2.24) is 0 Å². The van der Waals surface area contributed by atoms with Crippen LogP contribution in [-0.2, 0) is 0 Å². The largest absolute Gasteiger partial charge is 0.395 e. The number of aryl methyl sites for hydroxylation is 1. The van der Waals surface area contributed by atoms with Crippen molar-refractivity contribution in [3.05, 3.63) is 41.1 Å². The number of nitriles is 3. The van der Waals surface area contributed by atoms with Gasteiger partial charge in [-0.05, 0) is 19.1 Å². The van der Waals surface area contributed by atoms with E-state index in [4.69, 9.17) is 21.5 Å². The van der Waals surface area contributed by atoms with E-state index in [2.05, 4.69) is 10.5 Å². The zero-order valence-corrected chi connectivity index (χ0v) is 10.2. The van der Waals surface area contributed by atoms with Crippen molar-refractivity contribution in [2.24, 2.45) is 10.8 Å². The van der Waals surface area contributed by atoms with Crippen LogP contribution in [0, 0.1) is 40.9 Å². The molecule has 1 aromatic carbocycles. The lowest BCUT2D eigenvalue weighted by atomic mass is 10.2. The van der Waals surface area contributed by atoms with Crippen LogP contribution in [0.4, 0.5) is 5.69 Å². The number of rotatable bonds is 3. The number of nitrogens with two attached hydrogens (primary N) is 1. The number of nitrogens with zero attached hydrogens (tertiary/aromatic N) is 4. The molecule has 0 atom stereocenters. The molecule has 6 nitrogen and oxygen atoms in total. The first kappa shape index (κ1) is 13.8. The Bertz CT molecular complexity index is 630. The minimum atomic E-state index is -0.342. The van der Waals surface area contributed by atoms with E-state index >= 15 is 0 Å². The van der Waals surface area contributed by atoms with Crippen molar-refractivity contribution in [2.75, 3.05) is 5.43 Å². The fourth-order valence-corrected chi connectivity index (χ4v) is 1.16. The third-order valence-electron chi connectivity index (χ3n) is 2.20. The summed E-state index contributed by atoms with van der Waals surface area (Å²) >= 11 is 0. The molecule has 0 saturated carbocycles. The van der Waals surface area contributed by atoms with Crippen LogP contribution >= 0.6 is 0 Å². The summed E-state index contributed by atoms with van der Waals surface area (Å²) in [5.74, 6) is 0. The molecule has 0 aliphatic heterocycles. The summed E-state index contributed by atoms with van der Waals surface area (Å²) in [5.41, 5.74) is 9.12. The summed E-state index contributed by atoms with van der Waals surface area (Å²) < 4.78 is 0. The van der Waals surface area contributed by atoms with Crippen LogP contribution in [0.3, 0.4) is 0 Å². The second-order valence-corrected chi connectivity index (χ2v) is 3.56. The highest BCUT2D eigenvalue weighted by atomic mass is 15.3. The van der Waals surface area contributed by atoms with Crippen LogP contribution in [0.5, 0.6) is 0 Å². The van der Waals surface area contributed by atoms with Crippen molar-refractivity contribution in [3.63, 3.8) is 0 Å². The van der Waals surface area contributed by atoms with Crippen molar-refractivity contribution in [1.29, 1.82) is 15.8 Å². The summed E-state index contributed by atoms with van der Waals surface area (Å²) in [4.78, 5) is 0. The lowest BCUT2D eigenvalue weighted by molar-refractivity contribution is 1.29. The predicted octanol–water partition coefficient (Wildman–Crippen LogP) is 1.55. The third-order valence-corrected chi connectivity index (χ3v) is 2.20. The van der Waals surface area contributed by atoms with Gasteiger partial charge in [0.1, 0.15) is 18.2 Å². The van der Waals surface area contributed by atoms with Gasteiger partial charge in [0, 0.05) is 0 Å². The molecule has 0 bridgehead atoms. The summed E-state index contributed by atoms with van der Waals surface area (Å²) in [5, 5.41) is 30.0. The molecule has 0 fully saturated rings. The highest BCUT2D eigenvalue weighted by Crippen LogP contribution is 2.09. The van der Waals surface area contributed by atoms with Crippen LogP contribution in [0.15, 0.2) is 40.6 Å². The molecule has 0 aliphatic carbocycles. The van der Waals surface area contributed by atoms with E-state index in [0.29, 0.717) is 5.69 Å². The quantitative estimate of drug-likeness (QED) is 0.478. The minimum Gasteiger partial charge on any atom is -0.395 e. The number of benzene rings is 1. The van der Waals surface area contributed by atoms with Gasteiger partial charge in [0.2, 0.25) is 0 Å². The molecule has 1 aromatic rings. The highest BCUT2D eigenvalue weighted by molar-refractivity contribution is 6.12. The number of hydrazone groups is 1. The van der Waals surface area contributed by atoms with Gasteiger partial charge in [-0.25, -0.2) is 0 Å². The van der Waals surface area contributed by atoms with Gasteiger partial charge in [0.25, 0.3) is 0 Å². The zero-order valence-electron chi connectivity index (χ0n) is 10.2. The molecular weight excluding hydrogens is 240 g/mol. The van der Waals surface area contributed by atoms with E-state index in [1.807, 2.05) is 19.1 Å². The van der Waals surface area contributed by atoms with Crippen molar-refractivity contribution in [2.45, 2.75) is 6.92 Å². The average molecular weight is 250 g/mol. The van der Waals surface area contributed by atoms with Crippen LogP contribution in [-0.4, -0.2) is 5.71 Å². The second kappa shape index (κ2) is 6.44. The summed E-state index contributed by atoms with van der Waals surface area (Å²) in [6.07, 6.45) is 0. The first-order chi connectivity index (χ1) is 9.12. The first-order valence-corrected chi connectivity index (χ1v) is 5.23. The molecule has 0 spiro atoms. The second-order valence-electron chi connectivity index (χ2n) is 3.56. The Labute approximate surface area is 110 Å². The number of hydrogen-bond donors (Lipinski definition) is 2. The Hall–Kier alpha value is -3.30. The molecule has 92 valence electrons. The Balaban J connectivity index is 3.01. The van der Waals surface area contributed by atoms with E-state index in [1.54, 1.807) is 30.3 Å². The SMILES string of the molecule is Cc1ccc(NN=C(C#N)C(N)=C(C#N)C#N)cc1. The van der Waals surface area contributed by atoms with Crippen molar-refractivity contribution in [3.8, 4) is 18.2 Å². The molecule has 0 amide bonds. The molecule has 0 heterocycles. The maximum absolute atomic E-state index is 8.90. The molecule has 0 aliphatic rings. The van der Waals surface area contributed by atoms with Crippen LogP contribution in [0.25, 0.3) is 0 Å². The molecule has 0 aromatic heterocycles. The van der Waals surface area contributed by atoms with Crippen molar-refractivity contribution >= 4 is 11.4 Å². The lowest BCUT2D eigenvalue weighted by Gasteiger charge is -2.02. The van der Waals surface area contributed by atoms with Gasteiger partial charge < -0.3 is 5.73 Å².